The number of nitrogens with two attached hydrogens (primary N) is 1. The van der Waals surface area contributed by atoms with Crippen LogP contribution in [0.2, 0.25) is 0 Å². The Bertz CT molecular complexity index is 1260. The third kappa shape index (κ3) is 5.18. The molecule has 0 atom stereocenters. The summed E-state index contributed by atoms with van der Waals surface area (Å²) in [7, 11) is 0. The molecule has 0 spiro atoms. The zero-order chi connectivity index (χ0) is 23.9. The van der Waals surface area contributed by atoms with Crippen molar-refractivity contribution in [3.8, 4) is 0 Å². The number of carbonyl (C=O) groups is 1. The summed E-state index contributed by atoms with van der Waals surface area (Å²) < 4.78 is 0. The molecule has 170 valence electrons. The SMILES string of the molecule is Nc1ccc(CN(Cc2ccccc2)C(=O)N(c2ccccc2)c2ncccc2[N+](=O)[O-])cc1. The molecule has 0 radical (unpaired) electrons. The van der Waals surface area contributed by atoms with Crippen LogP contribution in [0, 0.1) is 10.1 Å². The average Bonchev–Trinajstić information content (AvgIpc) is 2.86. The van der Waals surface area contributed by atoms with Gasteiger partial charge in [0.15, 0.2) is 0 Å². The van der Waals surface area contributed by atoms with Crippen LogP contribution in [0.5, 0.6) is 0 Å². The minimum Gasteiger partial charge on any atom is -0.399 e. The monoisotopic (exact) mass is 453 g/mol. The molecule has 0 fully saturated rings. The lowest BCUT2D eigenvalue weighted by Gasteiger charge is -2.30. The van der Waals surface area contributed by atoms with E-state index in [0.717, 1.165) is 11.1 Å². The van der Waals surface area contributed by atoms with Crippen LogP contribution in [-0.2, 0) is 13.1 Å². The number of aromatic nitrogens is 1. The smallest absolute Gasteiger partial charge is 0.331 e. The predicted octanol–water partition coefficient (Wildman–Crippen LogP) is 5.53. The van der Waals surface area contributed by atoms with Gasteiger partial charge in [-0.15, -0.1) is 0 Å². The summed E-state index contributed by atoms with van der Waals surface area (Å²) in [6.07, 6.45) is 1.44. The number of urea groups is 1. The number of pyridine rings is 1. The van der Waals surface area contributed by atoms with Crippen molar-refractivity contribution in [1.29, 1.82) is 0 Å². The Morgan fingerprint density at radius 3 is 2.03 bits per heavy atom. The quantitative estimate of drug-likeness (QED) is 0.225. The maximum atomic E-state index is 14.1. The van der Waals surface area contributed by atoms with Crippen LogP contribution in [0.4, 0.5) is 27.7 Å². The van der Waals surface area contributed by atoms with Crippen molar-refractivity contribution in [3.63, 3.8) is 0 Å². The van der Waals surface area contributed by atoms with Gasteiger partial charge in [-0.05, 0) is 41.5 Å². The summed E-state index contributed by atoms with van der Waals surface area (Å²) in [6, 6.07) is 28.0. The summed E-state index contributed by atoms with van der Waals surface area (Å²) in [5, 5.41) is 11.8. The van der Waals surface area contributed by atoms with Crippen LogP contribution in [0.25, 0.3) is 0 Å². The lowest BCUT2D eigenvalue weighted by atomic mass is 10.1. The predicted molar refractivity (Wildman–Crippen MR) is 131 cm³/mol. The molecule has 8 nitrogen and oxygen atoms in total. The van der Waals surface area contributed by atoms with E-state index < -0.39 is 11.0 Å². The van der Waals surface area contributed by atoms with E-state index in [1.165, 1.54) is 23.2 Å². The van der Waals surface area contributed by atoms with Gasteiger partial charge in [-0.2, -0.15) is 0 Å². The highest BCUT2D eigenvalue weighted by Gasteiger charge is 2.31. The zero-order valence-electron chi connectivity index (χ0n) is 18.3. The third-order valence-corrected chi connectivity index (χ3v) is 5.22. The van der Waals surface area contributed by atoms with Crippen LogP contribution in [0.3, 0.4) is 0 Å². The summed E-state index contributed by atoms with van der Waals surface area (Å²) in [4.78, 5) is 32.4. The summed E-state index contributed by atoms with van der Waals surface area (Å²) in [6.45, 7) is 0.575. The second-order valence-corrected chi connectivity index (χ2v) is 7.64. The fraction of sp³-hybridized carbons (Fsp3) is 0.0769. The number of nitro groups is 1. The molecule has 2 N–H and O–H groups in total. The van der Waals surface area contributed by atoms with E-state index >= 15 is 0 Å². The molecule has 2 amide bonds. The standard InChI is InChI=1S/C26H23N5O3/c27-22-15-13-21(14-16-22)19-29(18-20-8-3-1-4-9-20)26(32)30(23-10-5-2-6-11-23)25-24(31(33)34)12-7-17-28-25/h1-17H,18-19,27H2. The number of amides is 2. The number of nitrogens with zero attached hydrogens (tertiary/aromatic N) is 4. The maximum absolute atomic E-state index is 14.1. The zero-order valence-corrected chi connectivity index (χ0v) is 18.3. The van der Waals surface area contributed by atoms with Crippen molar-refractivity contribution in [2.24, 2.45) is 0 Å². The first-order valence-electron chi connectivity index (χ1n) is 10.6. The van der Waals surface area contributed by atoms with E-state index in [1.807, 2.05) is 48.5 Å². The van der Waals surface area contributed by atoms with E-state index in [4.69, 9.17) is 5.73 Å². The summed E-state index contributed by atoms with van der Waals surface area (Å²) >= 11 is 0. The van der Waals surface area contributed by atoms with E-state index in [2.05, 4.69) is 4.98 Å². The Labute approximate surface area is 197 Å². The molecule has 4 rings (SSSR count). The molecule has 0 saturated carbocycles. The van der Waals surface area contributed by atoms with Gasteiger partial charge in [0.25, 0.3) is 0 Å². The van der Waals surface area contributed by atoms with Crippen LogP contribution in [0.1, 0.15) is 11.1 Å². The Morgan fingerprint density at radius 1 is 0.824 bits per heavy atom. The first-order chi connectivity index (χ1) is 16.5. The number of rotatable bonds is 7. The number of hydrogen-bond acceptors (Lipinski definition) is 5. The molecule has 3 aromatic carbocycles. The van der Waals surface area contributed by atoms with Gasteiger partial charge in [0, 0.05) is 31.0 Å². The van der Waals surface area contributed by atoms with Crippen molar-refractivity contribution in [2.75, 3.05) is 10.6 Å². The van der Waals surface area contributed by atoms with Crippen molar-refractivity contribution in [1.82, 2.24) is 9.88 Å². The second kappa shape index (κ2) is 10.3. The van der Waals surface area contributed by atoms with Crippen LogP contribution in [0.15, 0.2) is 103 Å². The van der Waals surface area contributed by atoms with Crippen LogP contribution in [-0.4, -0.2) is 20.8 Å². The molecule has 8 heteroatoms. The number of hydrogen-bond donors (Lipinski definition) is 1. The van der Waals surface area contributed by atoms with Gasteiger partial charge in [-0.1, -0.05) is 60.7 Å². The van der Waals surface area contributed by atoms with E-state index in [0.29, 0.717) is 17.9 Å². The fourth-order valence-corrected chi connectivity index (χ4v) is 3.58. The molecule has 0 saturated heterocycles. The number of nitrogen functional groups attached to an aromatic ring is 1. The lowest BCUT2D eigenvalue weighted by Crippen LogP contribution is -2.40. The van der Waals surface area contributed by atoms with Gasteiger partial charge in [-0.3, -0.25) is 10.1 Å². The van der Waals surface area contributed by atoms with E-state index in [9.17, 15) is 14.9 Å². The Kier molecular flexibility index (Phi) is 6.78. The molecule has 0 bridgehead atoms. The number of benzene rings is 3. The van der Waals surface area contributed by atoms with E-state index in [1.54, 1.807) is 41.3 Å². The summed E-state index contributed by atoms with van der Waals surface area (Å²) in [5.74, 6) is -0.0425. The maximum Gasteiger partial charge on any atom is 0.331 e. The highest BCUT2D eigenvalue weighted by molar-refractivity contribution is 6.00. The van der Waals surface area contributed by atoms with Gasteiger partial charge in [0.1, 0.15) is 0 Å². The van der Waals surface area contributed by atoms with E-state index in [-0.39, 0.29) is 18.1 Å². The highest BCUT2D eigenvalue weighted by Crippen LogP contribution is 2.33. The molecule has 0 unspecified atom stereocenters. The molecule has 1 aromatic heterocycles. The summed E-state index contributed by atoms with van der Waals surface area (Å²) in [5.41, 5.74) is 8.47. The average molecular weight is 454 g/mol. The van der Waals surface area contributed by atoms with Gasteiger partial charge in [0.2, 0.25) is 5.82 Å². The first-order valence-corrected chi connectivity index (χ1v) is 10.6. The Balaban J connectivity index is 1.79. The molecule has 0 aliphatic carbocycles. The van der Waals surface area contributed by atoms with Gasteiger partial charge in [-0.25, -0.2) is 14.7 Å². The first kappa shape index (κ1) is 22.5. The third-order valence-electron chi connectivity index (χ3n) is 5.22. The number of carbonyl (C=O) groups excluding carboxylic acids is 1. The molecule has 0 aliphatic rings. The molecule has 0 aliphatic heterocycles. The lowest BCUT2D eigenvalue weighted by molar-refractivity contribution is -0.384. The molecule has 34 heavy (non-hydrogen) atoms. The Morgan fingerprint density at radius 2 is 1.41 bits per heavy atom. The van der Waals surface area contributed by atoms with Crippen molar-refractivity contribution < 1.29 is 9.72 Å². The molecule has 4 aromatic rings. The number of anilines is 3. The minimum atomic E-state index is -0.535. The topological polar surface area (TPSA) is 106 Å². The van der Waals surface area contributed by atoms with Crippen LogP contribution < -0.4 is 10.6 Å². The molecule has 1 heterocycles. The highest BCUT2D eigenvalue weighted by atomic mass is 16.6. The van der Waals surface area contributed by atoms with Crippen molar-refractivity contribution in [2.45, 2.75) is 13.1 Å². The minimum absolute atomic E-state index is 0.0425. The van der Waals surface area contributed by atoms with Gasteiger partial charge < -0.3 is 10.6 Å². The largest absolute Gasteiger partial charge is 0.399 e. The molecular formula is C26H23N5O3. The second-order valence-electron chi connectivity index (χ2n) is 7.64. The van der Waals surface area contributed by atoms with Gasteiger partial charge >= 0.3 is 11.7 Å². The Hall–Kier alpha value is -4.72. The van der Waals surface area contributed by atoms with Crippen LogP contribution >= 0.6 is 0 Å². The van der Waals surface area contributed by atoms with Gasteiger partial charge in [0.05, 0.1) is 10.6 Å². The van der Waals surface area contributed by atoms with Crippen molar-refractivity contribution >= 4 is 28.9 Å². The molecular weight excluding hydrogens is 430 g/mol. The normalized spacial score (nSPS) is 10.5. The number of para-hydroxylation sites is 1. The fourth-order valence-electron chi connectivity index (χ4n) is 3.58. The van der Waals surface area contributed by atoms with Crippen molar-refractivity contribution in [3.05, 3.63) is 124 Å².